The molecule has 1 aromatic heterocycles. The lowest BCUT2D eigenvalue weighted by atomic mass is 10.2. The summed E-state index contributed by atoms with van der Waals surface area (Å²) in [7, 11) is 3.30. The van der Waals surface area contributed by atoms with Gasteiger partial charge in [-0.05, 0) is 73.6 Å². The second-order valence-corrected chi connectivity index (χ2v) is 8.52. The van der Waals surface area contributed by atoms with Crippen LogP contribution in [0.3, 0.4) is 0 Å². The van der Waals surface area contributed by atoms with E-state index in [2.05, 4.69) is 4.99 Å². The topological polar surface area (TPSA) is 90.0 Å². The van der Waals surface area contributed by atoms with Crippen molar-refractivity contribution in [3.8, 4) is 11.4 Å². The molecule has 1 aliphatic rings. The van der Waals surface area contributed by atoms with Crippen LogP contribution < -0.4 is 4.74 Å². The Balaban J connectivity index is 1.66. The van der Waals surface area contributed by atoms with Crippen molar-refractivity contribution in [2.75, 3.05) is 14.2 Å². The second kappa shape index (κ2) is 8.95. The van der Waals surface area contributed by atoms with Crippen LogP contribution in [-0.4, -0.2) is 39.6 Å². The standard InChI is InChI=1S/C24H22N4O4S/c1-15-12-17(16(2)27(15)19-6-5-7-20(14-19)28(30)31)13-22-23(29)26(3)24(33-22)25-18-8-10-21(32-4)11-9-18/h5-14H,1-4H3. The molecule has 33 heavy (non-hydrogen) atoms. The van der Waals surface area contributed by atoms with Crippen molar-refractivity contribution in [3.05, 3.63) is 86.6 Å². The second-order valence-electron chi connectivity index (χ2n) is 7.51. The molecule has 3 aromatic rings. The molecular formula is C24H22N4O4S. The number of hydrogen-bond acceptors (Lipinski definition) is 6. The highest BCUT2D eigenvalue weighted by atomic mass is 32.2. The van der Waals surface area contributed by atoms with Crippen LogP contribution in [0.1, 0.15) is 17.0 Å². The Morgan fingerprint density at radius 1 is 1.12 bits per heavy atom. The highest BCUT2D eigenvalue weighted by molar-refractivity contribution is 8.18. The normalized spacial score (nSPS) is 16.1. The van der Waals surface area contributed by atoms with E-state index in [1.807, 2.05) is 60.9 Å². The van der Waals surface area contributed by atoms with Crippen LogP contribution in [0.5, 0.6) is 5.75 Å². The average molecular weight is 463 g/mol. The first kappa shape index (κ1) is 22.3. The third kappa shape index (κ3) is 4.40. The number of rotatable bonds is 5. The number of methoxy groups -OCH3 is 1. The number of amides is 1. The Bertz CT molecular complexity index is 1310. The molecule has 2 heterocycles. The molecule has 0 unspecified atom stereocenters. The van der Waals surface area contributed by atoms with Gasteiger partial charge >= 0.3 is 0 Å². The number of aryl methyl sites for hydroxylation is 1. The summed E-state index contributed by atoms with van der Waals surface area (Å²) in [5.74, 6) is 0.606. The van der Waals surface area contributed by atoms with E-state index in [1.165, 1.54) is 22.7 Å². The van der Waals surface area contributed by atoms with E-state index in [1.54, 1.807) is 26.3 Å². The van der Waals surface area contributed by atoms with Gasteiger partial charge in [-0.1, -0.05) is 6.07 Å². The number of aromatic nitrogens is 1. The third-order valence-electron chi connectivity index (χ3n) is 5.36. The number of ether oxygens (including phenoxy) is 1. The average Bonchev–Trinajstić information content (AvgIpc) is 3.23. The lowest BCUT2D eigenvalue weighted by molar-refractivity contribution is -0.384. The van der Waals surface area contributed by atoms with Crippen molar-refractivity contribution in [1.29, 1.82) is 0 Å². The first-order valence-electron chi connectivity index (χ1n) is 10.1. The number of amidine groups is 1. The molecular weight excluding hydrogens is 440 g/mol. The third-order valence-corrected chi connectivity index (χ3v) is 6.42. The Hall–Kier alpha value is -3.85. The molecule has 0 N–H and O–H groups in total. The van der Waals surface area contributed by atoms with Gasteiger partial charge in [0, 0.05) is 30.6 Å². The summed E-state index contributed by atoms with van der Waals surface area (Å²) in [4.78, 5) is 30.3. The monoisotopic (exact) mass is 462 g/mol. The van der Waals surface area contributed by atoms with Crippen LogP contribution >= 0.6 is 11.8 Å². The van der Waals surface area contributed by atoms with Gasteiger partial charge in [0.25, 0.3) is 11.6 Å². The van der Waals surface area contributed by atoms with E-state index in [4.69, 9.17) is 4.74 Å². The molecule has 1 fully saturated rings. The molecule has 8 nitrogen and oxygen atoms in total. The molecule has 4 rings (SSSR count). The zero-order valence-electron chi connectivity index (χ0n) is 18.6. The smallest absolute Gasteiger partial charge is 0.271 e. The summed E-state index contributed by atoms with van der Waals surface area (Å²) in [6.45, 7) is 3.86. The van der Waals surface area contributed by atoms with Gasteiger partial charge in [-0.15, -0.1) is 0 Å². The van der Waals surface area contributed by atoms with Crippen LogP contribution in [0.2, 0.25) is 0 Å². The molecule has 1 amide bonds. The molecule has 0 aliphatic carbocycles. The molecule has 0 saturated carbocycles. The number of carbonyl (C=O) groups excluding carboxylic acids is 1. The van der Waals surface area contributed by atoms with Crippen LogP contribution in [0.4, 0.5) is 11.4 Å². The Morgan fingerprint density at radius 2 is 1.85 bits per heavy atom. The number of nitro benzene ring substituents is 1. The minimum Gasteiger partial charge on any atom is -0.497 e. The summed E-state index contributed by atoms with van der Waals surface area (Å²) in [5.41, 5.74) is 4.13. The van der Waals surface area contributed by atoms with Gasteiger partial charge in [0.1, 0.15) is 5.75 Å². The fourth-order valence-electron chi connectivity index (χ4n) is 3.64. The maximum atomic E-state index is 12.9. The zero-order chi connectivity index (χ0) is 23.7. The molecule has 168 valence electrons. The predicted octanol–water partition coefficient (Wildman–Crippen LogP) is 5.24. The minimum absolute atomic E-state index is 0.0300. The highest BCUT2D eigenvalue weighted by Gasteiger charge is 2.30. The molecule has 0 bridgehead atoms. The quantitative estimate of drug-likeness (QED) is 0.294. The minimum atomic E-state index is -0.409. The number of non-ortho nitro benzene ring substituents is 1. The van der Waals surface area contributed by atoms with Gasteiger partial charge in [-0.25, -0.2) is 4.99 Å². The van der Waals surface area contributed by atoms with Crippen LogP contribution in [0.15, 0.2) is 64.5 Å². The maximum absolute atomic E-state index is 12.9. The SMILES string of the molecule is COc1ccc(N=C2SC(=Cc3cc(C)n(-c4cccc([N+](=O)[O-])c4)c3C)C(=O)N2C)cc1. The van der Waals surface area contributed by atoms with E-state index in [0.29, 0.717) is 15.8 Å². The van der Waals surface area contributed by atoms with Gasteiger partial charge in [0.2, 0.25) is 0 Å². The van der Waals surface area contributed by atoms with E-state index < -0.39 is 4.92 Å². The van der Waals surface area contributed by atoms with E-state index in [-0.39, 0.29) is 11.6 Å². The largest absolute Gasteiger partial charge is 0.497 e. The van der Waals surface area contributed by atoms with Crippen molar-refractivity contribution in [3.63, 3.8) is 0 Å². The Morgan fingerprint density at radius 3 is 2.52 bits per heavy atom. The molecule has 2 aromatic carbocycles. The van der Waals surface area contributed by atoms with E-state index >= 15 is 0 Å². The van der Waals surface area contributed by atoms with Crippen LogP contribution in [0.25, 0.3) is 11.8 Å². The molecule has 1 saturated heterocycles. The number of aliphatic imine (C=N–C) groups is 1. The van der Waals surface area contributed by atoms with E-state index in [0.717, 1.165) is 28.4 Å². The van der Waals surface area contributed by atoms with Gasteiger partial charge in [-0.3, -0.25) is 19.8 Å². The van der Waals surface area contributed by atoms with Crippen molar-refractivity contribution < 1.29 is 14.5 Å². The highest BCUT2D eigenvalue weighted by Crippen LogP contribution is 2.35. The lowest BCUT2D eigenvalue weighted by Gasteiger charge is -2.09. The van der Waals surface area contributed by atoms with Crippen molar-refractivity contribution in [1.82, 2.24) is 9.47 Å². The molecule has 9 heteroatoms. The molecule has 0 atom stereocenters. The maximum Gasteiger partial charge on any atom is 0.271 e. The van der Waals surface area contributed by atoms with Crippen molar-refractivity contribution >= 4 is 40.3 Å². The summed E-state index contributed by atoms with van der Waals surface area (Å²) in [6.07, 6.45) is 1.84. The molecule has 0 spiro atoms. The Kier molecular flexibility index (Phi) is 6.06. The van der Waals surface area contributed by atoms with Crippen molar-refractivity contribution in [2.24, 2.45) is 4.99 Å². The summed E-state index contributed by atoms with van der Waals surface area (Å²) >= 11 is 1.31. The van der Waals surface area contributed by atoms with Gasteiger partial charge < -0.3 is 9.30 Å². The van der Waals surface area contributed by atoms with Crippen molar-refractivity contribution in [2.45, 2.75) is 13.8 Å². The zero-order valence-corrected chi connectivity index (χ0v) is 19.4. The summed E-state index contributed by atoms with van der Waals surface area (Å²) in [6, 6.07) is 15.8. The number of hydrogen-bond donors (Lipinski definition) is 0. The lowest BCUT2D eigenvalue weighted by Crippen LogP contribution is -2.23. The fraction of sp³-hybridized carbons (Fsp3) is 0.167. The fourth-order valence-corrected chi connectivity index (χ4v) is 4.61. The number of likely N-dealkylation sites (N-methyl/N-ethyl adjacent to an activating group) is 1. The first-order valence-corrected chi connectivity index (χ1v) is 10.9. The van der Waals surface area contributed by atoms with Crippen LogP contribution in [-0.2, 0) is 4.79 Å². The number of benzene rings is 2. The van der Waals surface area contributed by atoms with Crippen LogP contribution in [0, 0.1) is 24.0 Å². The molecule has 0 radical (unpaired) electrons. The molecule has 1 aliphatic heterocycles. The number of thioether (sulfide) groups is 1. The number of nitrogens with zero attached hydrogens (tertiary/aromatic N) is 4. The van der Waals surface area contributed by atoms with E-state index in [9.17, 15) is 14.9 Å². The Labute approximate surface area is 195 Å². The first-order chi connectivity index (χ1) is 15.8. The number of nitro groups is 1. The predicted molar refractivity (Wildman–Crippen MR) is 130 cm³/mol. The number of carbonyl (C=O) groups is 1. The van der Waals surface area contributed by atoms with Gasteiger partial charge in [0.05, 0.1) is 28.3 Å². The summed E-state index contributed by atoms with van der Waals surface area (Å²) < 4.78 is 7.12. The van der Waals surface area contributed by atoms with Gasteiger partial charge in [0.15, 0.2) is 5.17 Å². The summed E-state index contributed by atoms with van der Waals surface area (Å²) in [5, 5.41) is 11.8. The van der Waals surface area contributed by atoms with Gasteiger partial charge in [-0.2, -0.15) is 0 Å².